The highest BCUT2D eigenvalue weighted by Crippen LogP contribution is 2.16. The van der Waals surface area contributed by atoms with Gasteiger partial charge in [-0.2, -0.15) is 0 Å². The Hall–Kier alpha value is 0.960. The number of rotatable bonds is 1. The molecule has 0 bridgehead atoms. The van der Waals surface area contributed by atoms with E-state index in [0.29, 0.717) is 0 Å². The third kappa shape index (κ3) is 4.96. The summed E-state index contributed by atoms with van der Waals surface area (Å²) in [5.41, 5.74) is 0. The third-order valence-electron chi connectivity index (χ3n) is 0.134. The van der Waals surface area contributed by atoms with Crippen molar-refractivity contribution in [2.45, 2.75) is 0 Å². The van der Waals surface area contributed by atoms with E-state index in [0.717, 1.165) is 11.0 Å². The Kier molecular flexibility index (Phi) is 4.79. The first-order valence-corrected chi connectivity index (χ1v) is 3.52. The van der Waals surface area contributed by atoms with E-state index in [1.807, 2.05) is 0 Å². The predicted molar refractivity (Wildman–Crippen MR) is 33.2 cm³/mol. The van der Waals surface area contributed by atoms with Crippen LogP contribution in [-0.2, 0) is 0 Å². The van der Waals surface area contributed by atoms with Crippen LogP contribution < -0.4 is 0 Å². The summed E-state index contributed by atoms with van der Waals surface area (Å²) in [7, 11) is 6.02. The highest BCUT2D eigenvalue weighted by molar-refractivity contribution is 8.23. The van der Waals surface area contributed by atoms with E-state index in [9.17, 15) is 0 Å². The van der Waals surface area contributed by atoms with Gasteiger partial charge in [0.25, 0.3) is 0 Å². The molecular weight excluding hydrogens is 162 g/mol. The Morgan fingerprint density at radius 2 is 2.00 bits per heavy atom. The molecule has 0 fully saturated rings. The van der Waals surface area contributed by atoms with Crippen LogP contribution in [0.25, 0.3) is 0 Å². The van der Waals surface area contributed by atoms with E-state index in [1.165, 1.54) is 5.41 Å². The second-order valence-electron chi connectivity index (χ2n) is 0.497. The summed E-state index contributed by atoms with van der Waals surface area (Å²) >= 11 is 10.2. The van der Waals surface area contributed by atoms with Crippen LogP contribution in [0.4, 0.5) is 0 Å². The van der Waals surface area contributed by atoms with Crippen LogP contribution in [0.2, 0.25) is 0 Å². The zero-order valence-corrected chi connectivity index (χ0v) is 5.70. The smallest absolute Gasteiger partial charge is 0.0703 e. The van der Waals surface area contributed by atoms with Crippen LogP contribution in [0, 0.1) is 0 Å². The number of hydrogen-bond acceptors (Lipinski definition) is 1. The first-order chi connectivity index (χ1) is 2.77. The summed E-state index contributed by atoms with van der Waals surface area (Å²) < 4.78 is 0.190. The second kappa shape index (κ2) is 4.13. The molecule has 0 aliphatic heterocycles. The van der Waals surface area contributed by atoms with Gasteiger partial charge in [0, 0.05) is 5.41 Å². The van der Waals surface area contributed by atoms with Gasteiger partial charge in [-0.3, -0.25) is 0 Å². The van der Waals surface area contributed by atoms with Crippen LogP contribution in [0.1, 0.15) is 0 Å². The van der Waals surface area contributed by atoms with E-state index in [-0.39, 0.29) is 4.49 Å². The van der Waals surface area contributed by atoms with Crippen LogP contribution in [-0.4, -0.2) is 0 Å². The van der Waals surface area contributed by atoms with Gasteiger partial charge >= 0.3 is 0 Å². The van der Waals surface area contributed by atoms with Crippen molar-refractivity contribution in [1.29, 1.82) is 0 Å². The van der Waals surface area contributed by atoms with Gasteiger partial charge in [0.05, 0.1) is 0 Å². The van der Waals surface area contributed by atoms with Gasteiger partial charge in [-0.15, -0.1) is 0 Å². The molecule has 0 N–H and O–H groups in total. The number of halogens is 3. The predicted octanol–water partition coefficient (Wildman–Crippen LogP) is 3.15. The Bertz CT molecular complexity index is 55.8. The van der Waals surface area contributed by atoms with Crippen LogP contribution in [0.15, 0.2) is 9.90 Å². The Morgan fingerprint density at radius 1 is 1.50 bits per heavy atom. The number of hydrogen-bond donors (Lipinski definition) is 0. The van der Waals surface area contributed by atoms with Crippen molar-refractivity contribution >= 4 is 44.9 Å². The fourth-order valence-corrected chi connectivity index (χ4v) is 0.909. The average Bonchev–Trinajstić information content (AvgIpc) is 1.35. The summed E-state index contributed by atoms with van der Waals surface area (Å²) in [6, 6.07) is 0. The molecule has 0 aromatic heterocycles. The van der Waals surface area contributed by atoms with Gasteiger partial charge in [0.2, 0.25) is 0 Å². The highest BCUT2D eigenvalue weighted by Gasteiger charge is 1.76. The van der Waals surface area contributed by atoms with Crippen molar-refractivity contribution < 1.29 is 0 Å². The van der Waals surface area contributed by atoms with Crippen LogP contribution in [0.3, 0.4) is 0 Å². The monoisotopic (exact) mass is 162 g/mol. The van der Waals surface area contributed by atoms with Crippen molar-refractivity contribution in [3.8, 4) is 0 Å². The first-order valence-electron chi connectivity index (χ1n) is 1.06. The van der Waals surface area contributed by atoms with Gasteiger partial charge < -0.3 is 0 Å². The molecular formula is C2HCl3S. The molecule has 0 aliphatic carbocycles. The molecule has 0 aliphatic rings. The average molecular weight is 163 g/mol. The standard InChI is InChI=1S/C2HCl3S/c3-2(4)1-6-5/h1H. The molecule has 6 heavy (non-hydrogen) atoms. The lowest BCUT2D eigenvalue weighted by atomic mass is 11.2. The second-order valence-corrected chi connectivity index (χ2v) is 2.45. The zero-order chi connectivity index (χ0) is 4.99. The largest absolute Gasteiger partial charge is 0.114 e. The van der Waals surface area contributed by atoms with E-state index in [1.54, 1.807) is 0 Å². The lowest BCUT2D eigenvalue weighted by molar-refractivity contribution is 2.39. The van der Waals surface area contributed by atoms with Gasteiger partial charge in [0.1, 0.15) is 4.49 Å². The molecule has 0 aromatic rings. The van der Waals surface area contributed by atoms with Gasteiger partial charge in [0.15, 0.2) is 0 Å². The minimum atomic E-state index is 0.190. The summed E-state index contributed by atoms with van der Waals surface area (Å²) in [5.74, 6) is 0. The van der Waals surface area contributed by atoms with Gasteiger partial charge in [-0.05, 0) is 21.7 Å². The normalized spacial score (nSPS) is 7.83. The summed E-state index contributed by atoms with van der Waals surface area (Å²) in [6.45, 7) is 0. The maximum Gasteiger partial charge on any atom is 0.114 e. The van der Waals surface area contributed by atoms with Crippen molar-refractivity contribution in [2.24, 2.45) is 0 Å². The Balaban J connectivity index is 3.14. The Morgan fingerprint density at radius 3 is 2.00 bits per heavy atom. The maximum atomic E-state index is 5.10. The SMILES string of the molecule is ClSC=C(Cl)Cl. The minimum Gasteiger partial charge on any atom is -0.0703 e. The fourth-order valence-electron chi connectivity index (χ4n) is 0.0337. The van der Waals surface area contributed by atoms with E-state index >= 15 is 0 Å². The van der Waals surface area contributed by atoms with Crippen LogP contribution in [0.5, 0.6) is 0 Å². The van der Waals surface area contributed by atoms with Gasteiger partial charge in [-0.25, -0.2) is 0 Å². The molecule has 4 heteroatoms. The molecule has 0 atom stereocenters. The molecule has 0 aromatic carbocycles. The third-order valence-corrected chi connectivity index (χ3v) is 1.20. The summed E-state index contributed by atoms with van der Waals surface area (Å²) in [5, 5.41) is 1.42. The quantitative estimate of drug-likeness (QED) is 0.572. The molecule has 0 heterocycles. The molecule has 36 valence electrons. The summed E-state index contributed by atoms with van der Waals surface area (Å²) in [6.07, 6.45) is 0. The molecule has 0 nitrogen and oxygen atoms in total. The molecule has 0 rings (SSSR count). The topological polar surface area (TPSA) is 0 Å². The lowest BCUT2D eigenvalue weighted by Gasteiger charge is -1.71. The molecule has 0 saturated heterocycles. The van der Waals surface area contributed by atoms with Crippen molar-refractivity contribution in [2.75, 3.05) is 0 Å². The zero-order valence-electron chi connectivity index (χ0n) is 2.62. The van der Waals surface area contributed by atoms with E-state index in [2.05, 4.69) is 0 Å². The van der Waals surface area contributed by atoms with Crippen LogP contribution >= 0.6 is 44.9 Å². The van der Waals surface area contributed by atoms with Crippen molar-refractivity contribution in [3.05, 3.63) is 9.90 Å². The van der Waals surface area contributed by atoms with Crippen molar-refractivity contribution in [3.63, 3.8) is 0 Å². The molecule has 0 amide bonds. The molecule has 0 saturated carbocycles. The molecule has 0 unspecified atom stereocenters. The van der Waals surface area contributed by atoms with E-state index in [4.69, 9.17) is 33.9 Å². The molecule has 0 spiro atoms. The van der Waals surface area contributed by atoms with Crippen molar-refractivity contribution in [1.82, 2.24) is 0 Å². The van der Waals surface area contributed by atoms with Gasteiger partial charge in [-0.1, -0.05) is 23.2 Å². The maximum absolute atomic E-state index is 5.10. The van der Waals surface area contributed by atoms with E-state index < -0.39 is 0 Å². The highest BCUT2D eigenvalue weighted by atomic mass is 35.7. The first kappa shape index (κ1) is 6.96. The minimum absolute atomic E-state index is 0.190. The Labute approximate surface area is 55.0 Å². The lowest BCUT2D eigenvalue weighted by Crippen LogP contribution is -1.38. The summed E-state index contributed by atoms with van der Waals surface area (Å²) in [4.78, 5) is 0. The molecule has 0 radical (unpaired) electrons. The fraction of sp³-hybridized carbons (Fsp3) is 0.